The predicted molar refractivity (Wildman–Crippen MR) is 99.5 cm³/mol. The SMILES string of the molecule is CCOc1cc(CNCCCO)cc(Br)c1OCc1ccccc1F. The van der Waals surface area contributed by atoms with Gasteiger partial charge in [-0.1, -0.05) is 18.2 Å². The first kappa shape index (κ1) is 19.7. The van der Waals surface area contributed by atoms with Crippen molar-refractivity contribution in [3.63, 3.8) is 0 Å². The van der Waals surface area contributed by atoms with Crippen LogP contribution < -0.4 is 14.8 Å². The first-order chi connectivity index (χ1) is 12.2. The fraction of sp³-hybridized carbons (Fsp3) is 0.368. The molecule has 0 spiro atoms. The number of nitrogens with one attached hydrogen (secondary N) is 1. The molecule has 2 rings (SSSR count). The van der Waals surface area contributed by atoms with Gasteiger partial charge in [0.05, 0.1) is 11.1 Å². The Bertz CT molecular complexity index is 682. The van der Waals surface area contributed by atoms with Crippen LogP contribution in [0.3, 0.4) is 0 Å². The summed E-state index contributed by atoms with van der Waals surface area (Å²) < 4.78 is 26.0. The molecule has 0 aromatic heterocycles. The molecule has 0 heterocycles. The zero-order valence-electron chi connectivity index (χ0n) is 14.2. The van der Waals surface area contributed by atoms with Gasteiger partial charge in [0.15, 0.2) is 11.5 Å². The van der Waals surface area contributed by atoms with E-state index in [1.54, 1.807) is 18.2 Å². The molecule has 6 heteroatoms. The Kier molecular flexibility index (Phi) is 8.18. The molecule has 25 heavy (non-hydrogen) atoms. The van der Waals surface area contributed by atoms with Crippen LogP contribution in [0, 0.1) is 5.82 Å². The molecule has 0 bridgehead atoms. The summed E-state index contributed by atoms with van der Waals surface area (Å²) in [6, 6.07) is 10.4. The minimum atomic E-state index is -0.290. The van der Waals surface area contributed by atoms with Crippen LogP contribution in [0.4, 0.5) is 4.39 Å². The third kappa shape index (κ3) is 5.99. The number of aliphatic hydroxyl groups excluding tert-OH is 1. The van der Waals surface area contributed by atoms with Crippen LogP contribution in [-0.4, -0.2) is 24.9 Å². The molecule has 0 aliphatic rings. The standard InChI is InChI=1S/C19H23BrFNO3/c1-2-24-18-11-14(12-22-8-5-9-23)10-16(20)19(18)25-13-15-6-3-4-7-17(15)21/h3-4,6-7,10-11,22-23H,2,5,8-9,12-13H2,1H3. The summed E-state index contributed by atoms with van der Waals surface area (Å²) in [5.74, 6) is 0.887. The van der Waals surface area contributed by atoms with Gasteiger partial charge in [0.25, 0.3) is 0 Å². The first-order valence-electron chi connectivity index (χ1n) is 8.28. The van der Waals surface area contributed by atoms with E-state index in [2.05, 4.69) is 21.2 Å². The summed E-state index contributed by atoms with van der Waals surface area (Å²) >= 11 is 3.52. The predicted octanol–water partition coefficient (Wildman–Crippen LogP) is 4.04. The minimum Gasteiger partial charge on any atom is -0.490 e. The van der Waals surface area contributed by atoms with E-state index in [9.17, 15) is 4.39 Å². The van der Waals surface area contributed by atoms with Crippen LogP contribution in [0.5, 0.6) is 11.5 Å². The molecule has 0 saturated carbocycles. The maximum atomic E-state index is 13.8. The number of hydrogen-bond acceptors (Lipinski definition) is 4. The Labute approximate surface area is 156 Å². The van der Waals surface area contributed by atoms with Crippen molar-refractivity contribution in [2.45, 2.75) is 26.5 Å². The van der Waals surface area contributed by atoms with Crippen molar-refractivity contribution < 1.29 is 19.0 Å². The Balaban J connectivity index is 2.11. The van der Waals surface area contributed by atoms with Gasteiger partial charge in [-0.25, -0.2) is 4.39 Å². The van der Waals surface area contributed by atoms with Crippen molar-refractivity contribution in [1.29, 1.82) is 0 Å². The Morgan fingerprint density at radius 2 is 2.00 bits per heavy atom. The molecule has 0 atom stereocenters. The number of ether oxygens (including phenoxy) is 2. The number of halogens is 2. The Hall–Kier alpha value is -1.63. The summed E-state index contributed by atoms with van der Waals surface area (Å²) in [7, 11) is 0. The molecular formula is C19H23BrFNO3. The molecular weight excluding hydrogens is 389 g/mol. The van der Waals surface area contributed by atoms with Gasteiger partial charge in [-0.2, -0.15) is 0 Å². The molecule has 0 unspecified atom stereocenters. The lowest BCUT2D eigenvalue weighted by Gasteiger charge is -2.16. The molecule has 0 aliphatic heterocycles. The third-order valence-corrected chi connectivity index (χ3v) is 4.13. The lowest BCUT2D eigenvalue weighted by Crippen LogP contribution is -2.16. The van der Waals surface area contributed by atoms with E-state index >= 15 is 0 Å². The van der Waals surface area contributed by atoms with Crippen molar-refractivity contribution >= 4 is 15.9 Å². The van der Waals surface area contributed by atoms with E-state index in [-0.39, 0.29) is 19.0 Å². The van der Waals surface area contributed by atoms with Crippen molar-refractivity contribution in [1.82, 2.24) is 5.32 Å². The molecule has 2 aromatic rings. The molecule has 0 aliphatic carbocycles. The summed E-state index contributed by atoms with van der Waals surface area (Å²) in [5.41, 5.74) is 1.53. The fourth-order valence-corrected chi connectivity index (χ4v) is 2.93. The second-order valence-electron chi connectivity index (χ2n) is 5.47. The van der Waals surface area contributed by atoms with E-state index in [1.165, 1.54) is 6.07 Å². The average molecular weight is 412 g/mol. The van der Waals surface area contributed by atoms with E-state index in [4.69, 9.17) is 14.6 Å². The number of benzene rings is 2. The lowest BCUT2D eigenvalue weighted by molar-refractivity contribution is 0.264. The maximum absolute atomic E-state index is 13.8. The van der Waals surface area contributed by atoms with Crippen LogP contribution in [0.1, 0.15) is 24.5 Å². The summed E-state index contributed by atoms with van der Waals surface area (Å²) in [6.07, 6.45) is 0.712. The normalized spacial score (nSPS) is 10.7. The Morgan fingerprint density at radius 1 is 1.20 bits per heavy atom. The quantitative estimate of drug-likeness (QED) is 0.579. The number of aliphatic hydroxyl groups is 1. The highest BCUT2D eigenvalue weighted by Gasteiger charge is 2.13. The molecule has 2 aromatic carbocycles. The van der Waals surface area contributed by atoms with E-state index < -0.39 is 0 Å². The van der Waals surface area contributed by atoms with Crippen LogP contribution in [0.2, 0.25) is 0 Å². The van der Waals surface area contributed by atoms with Crippen LogP contribution in [-0.2, 0) is 13.2 Å². The first-order valence-corrected chi connectivity index (χ1v) is 9.08. The molecule has 0 radical (unpaired) electrons. The second kappa shape index (κ2) is 10.4. The smallest absolute Gasteiger partial charge is 0.175 e. The topological polar surface area (TPSA) is 50.7 Å². The van der Waals surface area contributed by atoms with Crippen molar-refractivity contribution in [3.8, 4) is 11.5 Å². The molecule has 0 saturated heterocycles. The van der Waals surface area contributed by atoms with Gasteiger partial charge in [0.2, 0.25) is 0 Å². The van der Waals surface area contributed by atoms with Crippen LogP contribution >= 0.6 is 15.9 Å². The van der Waals surface area contributed by atoms with Gasteiger partial charge in [-0.15, -0.1) is 0 Å². The highest BCUT2D eigenvalue weighted by atomic mass is 79.9. The van der Waals surface area contributed by atoms with Crippen LogP contribution in [0.15, 0.2) is 40.9 Å². The average Bonchev–Trinajstić information content (AvgIpc) is 2.60. The number of hydrogen-bond donors (Lipinski definition) is 2. The lowest BCUT2D eigenvalue weighted by atomic mass is 10.2. The van der Waals surface area contributed by atoms with Crippen molar-refractivity contribution in [2.75, 3.05) is 19.8 Å². The van der Waals surface area contributed by atoms with Gasteiger partial charge in [-0.3, -0.25) is 0 Å². The monoisotopic (exact) mass is 411 g/mol. The van der Waals surface area contributed by atoms with Gasteiger partial charge in [0, 0.05) is 18.7 Å². The van der Waals surface area contributed by atoms with Crippen LogP contribution in [0.25, 0.3) is 0 Å². The third-order valence-electron chi connectivity index (χ3n) is 3.54. The molecule has 0 fully saturated rings. The summed E-state index contributed by atoms with van der Waals surface area (Å²) in [6.45, 7) is 4.10. The van der Waals surface area contributed by atoms with E-state index in [1.807, 2.05) is 19.1 Å². The minimum absolute atomic E-state index is 0.124. The fourth-order valence-electron chi connectivity index (χ4n) is 2.33. The molecule has 0 amide bonds. The number of rotatable bonds is 10. The van der Waals surface area contributed by atoms with E-state index in [0.717, 1.165) is 16.6 Å². The summed E-state index contributed by atoms with van der Waals surface area (Å²) in [4.78, 5) is 0. The highest BCUT2D eigenvalue weighted by Crippen LogP contribution is 2.37. The zero-order valence-corrected chi connectivity index (χ0v) is 15.8. The van der Waals surface area contributed by atoms with Gasteiger partial charge >= 0.3 is 0 Å². The van der Waals surface area contributed by atoms with Gasteiger partial charge in [-0.05, 0) is 59.6 Å². The summed E-state index contributed by atoms with van der Waals surface area (Å²) in [5, 5.41) is 12.1. The van der Waals surface area contributed by atoms with Crippen molar-refractivity contribution in [3.05, 3.63) is 57.8 Å². The molecule has 136 valence electrons. The van der Waals surface area contributed by atoms with Gasteiger partial charge in [0.1, 0.15) is 12.4 Å². The van der Waals surface area contributed by atoms with E-state index in [0.29, 0.717) is 36.6 Å². The largest absolute Gasteiger partial charge is 0.490 e. The second-order valence-corrected chi connectivity index (χ2v) is 6.33. The zero-order chi connectivity index (χ0) is 18.1. The maximum Gasteiger partial charge on any atom is 0.175 e. The molecule has 4 nitrogen and oxygen atoms in total. The highest BCUT2D eigenvalue weighted by molar-refractivity contribution is 9.10. The Morgan fingerprint density at radius 3 is 2.72 bits per heavy atom. The van der Waals surface area contributed by atoms with Gasteiger partial charge < -0.3 is 19.9 Å². The molecule has 2 N–H and O–H groups in total. The van der Waals surface area contributed by atoms with Crippen molar-refractivity contribution in [2.24, 2.45) is 0 Å².